The average molecular weight is 578 g/mol. The molecule has 4 aliphatic rings. The Hall–Kier alpha value is -3.28. The minimum absolute atomic E-state index is 0.00755. The molecule has 7 atom stereocenters. The zero-order valence-corrected chi connectivity index (χ0v) is 23.8. The van der Waals surface area contributed by atoms with Gasteiger partial charge in [0.05, 0.1) is 19.3 Å². The van der Waals surface area contributed by atoms with E-state index in [0.29, 0.717) is 12.8 Å². The number of ketones is 2. The molecule has 0 aliphatic heterocycles. The van der Waals surface area contributed by atoms with Gasteiger partial charge in [-0.05, 0) is 75.9 Å². The Labute approximate surface area is 238 Å². The van der Waals surface area contributed by atoms with Crippen LogP contribution < -0.4 is 0 Å². The summed E-state index contributed by atoms with van der Waals surface area (Å²) in [7, 11) is 0. The van der Waals surface area contributed by atoms with E-state index in [0.717, 1.165) is 12.0 Å². The quantitative estimate of drug-likeness (QED) is 0.165. The molecule has 0 bridgehead atoms. The first-order valence-corrected chi connectivity index (χ1v) is 14.3. The number of Topliss-reactive ketones (excluding diaryl/α,β-unsaturated/α-hetero) is 1. The molecule has 3 saturated carbocycles. The van der Waals surface area contributed by atoms with E-state index < -0.39 is 52.1 Å². The van der Waals surface area contributed by atoms with E-state index in [-0.39, 0.29) is 68.9 Å². The molecule has 12 nitrogen and oxygen atoms in total. The summed E-state index contributed by atoms with van der Waals surface area (Å²) in [5.41, 5.74) is -2.09. The third-order valence-electron chi connectivity index (χ3n) is 9.92. The standard InChI is InChI=1S/C29H39NO11/c1-4-38-26(35)41-29(23(33)17-39-24(34)7-5-6-14-40-30(36)37)13-11-21-20-9-8-18-15-19(31)10-12-27(18,2)25(20)22(32)16-28(21,29)3/h10,12,15,20-22,25,32H,4-9,11,13-14,16-17H2,1-3H3/t20?,21?,22?,25?,27-,28-,29-/m0/s1. The van der Waals surface area contributed by atoms with Gasteiger partial charge in [-0.15, -0.1) is 10.1 Å². The van der Waals surface area contributed by atoms with Crippen LogP contribution in [0.2, 0.25) is 0 Å². The molecular formula is C29H39NO11. The summed E-state index contributed by atoms with van der Waals surface area (Å²) in [6.45, 7) is 4.82. The van der Waals surface area contributed by atoms with Crippen LogP contribution in [0.3, 0.4) is 0 Å². The molecular weight excluding hydrogens is 538 g/mol. The molecule has 0 radical (unpaired) electrons. The van der Waals surface area contributed by atoms with Crippen molar-refractivity contribution in [2.75, 3.05) is 19.8 Å². The van der Waals surface area contributed by atoms with Gasteiger partial charge in [-0.25, -0.2) is 4.79 Å². The third kappa shape index (κ3) is 5.62. The first-order chi connectivity index (χ1) is 19.4. The van der Waals surface area contributed by atoms with Crippen molar-refractivity contribution >= 4 is 23.7 Å². The molecule has 0 aromatic carbocycles. The summed E-state index contributed by atoms with van der Waals surface area (Å²) in [5, 5.41) is 21.0. The highest BCUT2D eigenvalue weighted by Gasteiger charge is 2.70. The maximum Gasteiger partial charge on any atom is 0.509 e. The second kappa shape index (κ2) is 11.9. The molecule has 0 aromatic rings. The predicted molar refractivity (Wildman–Crippen MR) is 142 cm³/mol. The highest BCUT2D eigenvalue weighted by atomic mass is 16.9. The van der Waals surface area contributed by atoms with Crippen molar-refractivity contribution < 1.29 is 48.4 Å². The molecule has 4 rings (SSSR count). The summed E-state index contributed by atoms with van der Waals surface area (Å²) < 4.78 is 16.2. The van der Waals surface area contributed by atoms with Gasteiger partial charge in [-0.3, -0.25) is 14.4 Å². The van der Waals surface area contributed by atoms with Crippen LogP contribution >= 0.6 is 0 Å². The molecule has 0 aromatic heterocycles. The molecule has 226 valence electrons. The number of aliphatic hydroxyl groups excluding tert-OH is 1. The number of hydrogen-bond donors (Lipinski definition) is 1. The number of esters is 1. The minimum Gasteiger partial charge on any atom is -0.457 e. The fraction of sp³-hybridized carbons (Fsp3) is 0.724. The number of hydrogen-bond acceptors (Lipinski definition) is 11. The van der Waals surface area contributed by atoms with Crippen molar-refractivity contribution in [1.82, 2.24) is 0 Å². The van der Waals surface area contributed by atoms with Crippen LogP contribution in [0.5, 0.6) is 0 Å². The van der Waals surface area contributed by atoms with E-state index in [1.807, 2.05) is 13.0 Å². The molecule has 1 N–H and O–H groups in total. The molecule has 4 aliphatic carbocycles. The van der Waals surface area contributed by atoms with E-state index >= 15 is 0 Å². The highest BCUT2D eigenvalue weighted by Crippen LogP contribution is 2.68. The minimum atomic E-state index is -1.66. The monoisotopic (exact) mass is 577 g/mol. The number of nitrogens with zero attached hydrogens (tertiary/aromatic N) is 1. The van der Waals surface area contributed by atoms with Crippen LogP contribution in [0.1, 0.15) is 72.1 Å². The van der Waals surface area contributed by atoms with Crippen LogP contribution in [0, 0.1) is 38.7 Å². The van der Waals surface area contributed by atoms with Crippen LogP contribution in [-0.4, -0.2) is 65.4 Å². The van der Waals surface area contributed by atoms with Gasteiger partial charge in [0.1, 0.15) is 0 Å². The van der Waals surface area contributed by atoms with E-state index in [4.69, 9.17) is 14.2 Å². The number of fused-ring (bicyclic) bond motifs is 5. The van der Waals surface area contributed by atoms with Gasteiger partial charge in [0.2, 0.25) is 5.78 Å². The molecule has 0 saturated heterocycles. The van der Waals surface area contributed by atoms with Gasteiger partial charge in [-0.1, -0.05) is 25.5 Å². The Bertz CT molecular complexity index is 1150. The molecule has 12 heteroatoms. The molecule has 41 heavy (non-hydrogen) atoms. The average Bonchev–Trinajstić information content (AvgIpc) is 3.19. The van der Waals surface area contributed by atoms with E-state index in [1.165, 1.54) is 0 Å². The van der Waals surface area contributed by atoms with Gasteiger partial charge in [0.25, 0.3) is 5.09 Å². The van der Waals surface area contributed by atoms with Crippen molar-refractivity contribution in [3.63, 3.8) is 0 Å². The lowest BCUT2D eigenvalue weighted by molar-refractivity contribution is -0.757. The molecule has 0 amide bonds. The lowest BCUT2D eigenvalue weighted by atomic mass is 9.46. The van der Waals surface area contributed by atoms with Crippen molar-refractivity contribution in [2.24, 2.45) is 28.6 Å². The summed E-state index contributed by atoms with van der Waals surface area (Å²) in [4.78, 5) is 65.4. The highest BCUT2D eigenvalue weighted by molar-refractivity contribution is 6.01. The van der Waals surface area contributed by atoms with Crippen LogP contribution in [-0.2, 0) is 33.4 Å². The number of carbonyl (C=O) groups is 4. The topological polar surface area (TPSA) is 169 Å². The fourth-order valence-corrected chi connectivity index (χ4v) is 8.13. The smallest absolute Gasteiger partial charge is 0.457 e. The van der Waals surface area contributed by atoms with Gasteiger partial charge in [0, 0.05) is 23.2 Å². The maximum atomic E-state index is 13.9. The first-order valence-electron chi connectivity index (χ1n) is 14.3. The second-order valence-corrected chi connectivity index (χ2v) is 12.0. The Morgan fingerprint density at radius 3 is 2.63 bits per heavy atom. The number of rotatable bonds is 11. The second-order valence-electron chi connectivity index (χ2n) is 12.0. The number of unbranched alkanes of at least 4 members (excludes halogenated alkanes) is 1. The largest absolute Gasteiger partial charge is 0.509 e. The van der Waals surface area contributed by atoms with E-state index in [2.05, 4.69) is 11.8 Å². The summed E-state index contributed by atoms with van der Waals surface area (Å²) >= 11 is 0. The number of carbonyl (C=O) groups excluding carboxylic acids is 4. The van der Waals surface area contributed by atoms with Crippen LogP contribution in [0.4, 0.5) is 4.79 Å². The zero-order chi connectivity index (χ0) is 30.0. The maximum absolute atomic E-state index is 13.9. The van der Waals surface area contributed by atoms with Gasteiger partial charge >= 0.3 is 12.1 Å². The van der Waals surface area contributed by atoms with Crippen molar-refractivity contribution in [3.05, 3.63) is 33.9 Å². The van der Waals surface area contributed by atoms with Crippen molar-refractivity contribution in [2.45, 2.75) is 83.8 Å². The number of aliphatic hydroxyl groups is 1. The molecule has 0 heterocycles. The van der Waals surface area contributed by atoms with Gasteiger partial charge in [0.15, 0.2) is 18.0 Å². The molecule has 4 unspecified atom stereocenters. The molecule has 3 fully saturated rings. The Morgan fingerprint density at radius 1 is 1.17 bits per heavy atom. The first kappa shape index (κ1) is 30.7. The van der Waals surface area contributed by atoms with E-state index in [9.17, 15) is 34.4 Å². The van der Waals surface area contributed by atoms with Crippen LogP contribution in [0.15, 0.2) is 23.8 Å². The zero-order valence-electron chi connectivity index (χ0n) is 23.8. The fourth-order valence-electron chi connectivity index (χ4n) is 8.13. The summed E-state index contributed by atoms with van der Waals surface area (Å²) in [6, 6.07) is 0. The Balaban J connectivity index is 1.54. The summed E-state index contributed by atoms with van der Waals surface area (Å²) in [5.74, 6) is -1.53. The summed E-state index contributed by atoms with van der Waals surface area (Å²) in [6.07, 6.45) is 6.14. The predicted octanol–water partition coefficient (Wildman–Crippen LogP) is 3.67. The lowest BCUT2D eigenvalue weighted by Crippen LogP contribution is -2.63. The van der Waals surface area contributed by atoms with Crippen LogP contribution in [0.25, 0.3) is 0 Å². The number of allylic oxidation sites excluding steroid dienone is 4. The Kier molecular flexibility index (Phi) is 8.91. The molecule has 0 spiro atoms. The van der Waals surface area contributed by atoms with Gasteiger partial charge < -0.3 is 24.2 Å². The normalized spacial score (nSPS) is 35.3. The lowest BCUT2D eigenvalue weighted by Gasteiger charge is -2.59. The van der Waals surface area contributed by atoms with Crippen molar-refractivity contribution in [3.8, 4) is 0 Å². The van der Waals surface area contributed by atoms with Crippen molar-refractivity contribution in [1.29, 1.82) is 0 Å². The third-order valence-corrected chi connectivity index (χ3v) is 9.92. The SMILES string of the molecule is CCOC(=O)O[C@]1(C(=O)COC(=O)CCCCO[N+](=O)[O-])CCC2C3CCC4=CC(=O)C=C[C@]4(C)C3C(O)C[C@@]21C. The number of ether oxygens (including phenoxy) is 3. The van der Waals surface area contributed by atoms with E-state index in [1.54, 1.807) is 19.1 Å². The Morgan fingerprint density at radius 2 is 1.93 bits per heavy atom. The van der Waals surface area contributed by atoms with Gasteiger partial charge in [-0.2, -0.15) is 0 Å².